The molecule has 1 saturated carbocycles. The summed E-state index contributed by atoms with van der Waals surface area (Å²) in [5, 5.41) is 7.22. The molecule has 2 fully saturated rings. The van der Waals surface area contributed by atoms with Crippen molar-refractivity contribution in [1.82, 2.24) is 10.2 Å². The Balaban J connectivity index is 1.42. The zero-order valence-electron chi connectivity index (χ0n) is 22.7. The van der Waals surface area contributed by atoms with Gasteiger partial charge in [0.2, 0.25) is 0 Å². The Labute approximate surface area is 221 Å². The summed E-state index contributed by atoms with van der Waals surface area (Å²) in [4.78, 5) is 7.75. The number of likely N-dealkylation sites (tertiary alicyclic amines) is 1. The van der Waals surface area contributed by atoms with Crippen LogP contribution in [0.15, 0.2) is 47.5 Å². The van der Waals surface area contributed by atoms with E-state index in [-0.39, 0.29) is 5.41 Å². The lowest BCUT2D eigenvalue weighted by Gasteiger charge is -2.48. The molecule has 1 unspecified atom stereocenters. The van der Waals surface area contributed by atoms with Gasteiger partial charge in [-0.15, -0.1) is 0 Å². The number of ether oxygens (including phenoxy) is 2. The molecule has 1 aliphatic carbocycles. The van der Waals surface area contributed by atoms with Crippen LogP contribution in [0.4, 0.5) is 5.69 Å². The van der Waals surface area contributed by atoms with Gasteiger partial charge in [0.15, 0.2) is 17.3 Å². The summed E-state index contributed by atoms with van der Waals surface area (Å²) in [5.74, 6) is 1.96. The van der Waals surface area contributed by atoms with E-state index in [1.54, 1.807) is 14.2 Å². The molecule has 0 amide bonds. The molecule has 5 rings (SSSR count). The molecular formula is C30H43N5O2. The molecule has 2 aromatic rings. The van der Waals surface area contributed by atoms with E-state index < -0.39 is 5.79 Å². The second-order valence-electron chi connectivity index (χ2n) is 11.1. The van der Waals surface area contributed by atoms with Crippen LogP contribution in [0, 0.1) is 5.92 Å². The lowest BCUT2D eigenvalue weighted by atomic mass is 9.68. The molecule has 0 aromatic heterocycles. The number of nitrogens with two attached hydrogens (primary N) is 1. The highest BCUT2D eigenvalue weighted by Crippen LogP contribution is 2.45. The first-order valence-electron chi connectivity index (χ1n) is 13.9. The van der Waals surface area contributed by atoms with E-state index in [1.807, 2.05) is 19.2 Å². The molecular weight excluding hydrogens is 462 g/mol. The lowest BCUT2D eigenvalue weighted by molar-refractivity contribution is 0.108. The largest absolute Gasteiger partial charge is 0.493 e. The van der Waals surface area contributed by atoms with E-state index in [1.165, 1.54) is 44.2 Å². The first kappa shape index (κ1) is 25.9. The number of anilines is 1. The highest BCUT2D eigenvalue weighted by atomic mass is 16.5. The molecule has 7 nitrogen and oxygen atoms in total. The summed E-state index contributed by atoms with van der Waals surface area (Å²) in [5.41, 5.74) is 9.69. The predicted octanol–water partition coefficient (Wildman–Crippen LogP) is 4.71. The Bertz CT molecular complexity index is 1090. The van der Waals surface area contributed by atoms with E-state index in [0.717, 1.165) is 49.5 Å². The zero-order valence-corrected chi connectivity index (χ0v) is 22.7. The topological polar surface area (TPSA) is 84.1 Å². The van der Waals surface area contributed by atoms with Crippen molar-refractivity contribution in [2.45, 2.75) is 62.6 Å². The van der Waals surface area contributed by atoms with E-state index in [4.69, 9.17) is 20.2 Å². The zero-order chi connectivity index (χ0) is 25.9. The summed E-state index contributed by atoms with van der Waals surface area (Å²) in [6, 6.07) is 14.9. The third-order valence-electron chi connectivity index (χ3n) is 8.90. The van der Waals surface area contributed by atoms with Gasteiger partial charge < -0.3 is 25.4 Å². The van der Waals surface area contributed by atoms with Crippen LogP contribution in [-0.4, -0.2) is 57.4 Å². The standard InChI is InChI=1S/C30H43N5O2/c1-32-30(33-25-19-27(37-3)26(36-2)18-24(25)28(31)34-30)21-29(23-12-8-5-9-13-23)14-16-35(17-15-29)20-22-10-6-4-7-11-22/h5,8-9,12-13,18-19,22,32-33H,4,6-7,10-11,14-17,20-21H2,1-3H3,(H2,31,34). The number of amidine groups is 1. The maximum Gasteiger partial charge on any atom is 0.187 e. The number of piperidine rings is 1. The number of hydrogen-bond donors (Lipinski definition) is 3. The third-order valence-corrected chi connectivity index (χ3v) is 8.90. The van der Waals surface area contributed by atoms with E-state index >= 15 is 0 Å². The minimum atomic E-state index is -0.724. The Morgan fingerprint density at radius 3 is 2.35 bits per heavy atom. The molecule has 2 heterocycles. The molecule has 2 aliphatic heterocycles. The van der Waals surface area contributed by atoms with Crippen molar-refractivity contribution >= 4 is 11.5 Å². The van der Waals surface area contributed by atoms with Crippen LogP contribution < -0.4 is 25.8 Å². The van der Waals surface area contributed by atoms with Crippen LogP contribution in [0.3, 0.4) is 0 Å². The van der Waals surface area contributed by atoms with Gasteiger partial charge in [-0.3, -0.25) is 5.32 Å². The summed E-state index contributed by atoms with van der Waals surface area (Å²) < 4.78 is 11.1. The summed E-state index contributed by atoms with van der Waals surface area (Å²) in [6.07, 6.45) is 10.0. The van der Waals surface area contributed by atoms with E-state index in [9.17, 15) is 0 Å². The number of nitrogens with one attached hydrogen (secondary N) is 2. The number of fused-ring (bicyclic) bond motifs is 1. The SMILES string of the molecule is CNC1(CC2(c3ccccc3)CCN(CC3CCCCC3)CC2)N=C(N)c2cc(OC)c(OC)cc2N1. The Hall–Kier alpha value is -2.77. The van der Waals surface area contributed by atoms with Gasteiger partial charge in [0.1, 0.15) is 5.84 Å². The first-order chi connectivity index (χ1) is 18.0. The first-order valence-corrected chi connectivity index (χ1v) is 13.9. The number of rotatable bonds is 8. The number of benzene rings is 2. The fourth-order valence-electron chi connectivity index (χ4n) is 6.75. The minimum absolute atomic E-state index is 0.0157. The molecule has 1 saturated heterocycles. The predicted molar refractivity (Wildman–Crippen MR) is 151 cm³/mol. The highest BCUT2D eigenvalue weighted by molar-refractivity contribution is 6.05. The molecule has 2 aromatic carbocycles. The fraction of sp³-hybridized carbons (Fsp3) is 0.567. The molecule has 0 spiro atoms. The summed E-state index contributed by atoms with van der Waals surface area (Å²) >= 11 is 0. The van der Waals surface area contributed by atoms with Gasteiger partial charge in [-0.05, 0) is 63.4 Å². The fourth-order valence-corrected chi connectivity index (χ4v) is 6.75. The van der Waals surface area contributed by atoms with Crippen LogP contribution >= 0.6 is 0 Å². The number of nitrogens with zero attached hydrogens (tertiary/aromatic N) is 2. The Kier molecular flexibility index (Phi) is 7.63. The minimum Gasteiger partial charge on any atom is -0.493 e. The number of aliphatic imine (C=N–C) groups is 1. The van der Waals surface area contributed by atoms with Gasteiger partial charge in [0.25, 0.3) is 0 Å². The van der Waals surface area contributed by atoms with Gasteiger partial charge in [0.05, 0.1) is 19.9 Å². The van der Waals surface area contributed by atoms with Crippen molar-refractivity contribution in [2.24, 2.45) is 16.6 Å². The van der Waals surface area contributed by atoms with Gasteiger partial charge in [-0.2, -0.15) is 0 Å². The molecule has 0 bridgehead atoms. The molecule has 4 N–H and O–H groups in total. The average Bonchev–Trinajstić information content (AvgIpc) is 2.94. The maximum atomic E-state index is 6.59. The van der Waals surface area contributed by atoms with Gasteiger partial charge in [0, 0.05) is 30.0 Å². The number of hydrogen-bond acceptors (Lipinski definition) is 7. The van der Waals surface area contributed by atoms with Crippen molar-refractivity contribution in [3.8, 4) is 11.5 Å². The normalized spacial score (nSPS) is 24.0. The van der Waals surface area contributed by atoms with Crippen LogP contribution in [0.25, 0.3) is 0 Å². The summed E-state index contributed by atoms with van der Waals surface area (Å²) in [6.45, 7) is 3.48. The summed E-state index contributed by atoms with van der Waals surface area (Å²) in [7, 11) is 5.25. The van der Waals surface area contributed by atoms with Crippen molar-refractivity contribution < 1.29 is 9.47 Å². The molecule has 0 radical (unpaired) electrons. The van der Waals surface area contributed by atoms with Crippen molar-refractivity contribution in [1.29, 1.82) is 0 Å². The Morgan fingerprint density at radius 1 is 1.03 bits per heavy atom. The van der Waals surface area contributed by atoms with Crippen molar-refractivity contribution in [2.75, 3.05) is 46.2 Å². The Morgan fingerprint density at radius 2 is 1.70 bits per heavy atom. The van der Waals surface area contributed by atoms with Crippen LogP contribution in [0.1, 0.15) is 62.5 Å². The molecule has 7 heteroatoms. The second-order valence-corrected chi connectivity index (χ2v) is 11.1. The van der Waals surface area contributed by atoms with Crippen molar-refractivity contribution in [3.63, 3.8) is 0 Å². The van der Waals surface area contributed by atoms with E-state index in [0.29, 0.717) is 17.3 Å². The lowest BCUT2D eigenvalue weighted by Crippen LogP contribution is -2.57. The average molecular weight is 506 g/mol. The van der Waals surface area contributed by atoms with Gasteiger partial charge >= 0.3 is 0 Å². The molecule has 1 atom stereocenters. The third kappa shape index (κ3) is 5.30. The van der Waals surface area contributed by atoms with Crippen LogP contribution in [0.2, 0.25) is 0 Å². The second kappa shape index (κ2) is 10.9. The molecule has 200 valence electrons. The molecule has 37 heavy (non-hydrogen) atoms. The highest BCUT2D eigenvalue weighted by Gasteiger charge is 2.45. The van der Waals surface area contributed by atoms with Gasteiger partial charge in [-0.25, -0.2) is 4.99 Å². The monoisotopic (exact) mass is 505 g/mol. The molecule has 3 aliphatic rings. The van der Waals surface area contributed by atoms with E-state index in [2.05, 4.69) is 45.9 Å². The van der Waals surface area contributed by atoms with Crippen LogP contribution in [-0.2, 0) is 5.41 Å². The van der Waals surface area contributed by atoms with Crippen LogP contribution in [0.5, 0.6) is 11.5 Å². The smallest absolute Gasteiger partial charge is 0.187 e. The maximum absolute atomic E-state index is 6.59. The van der Waals surface area contributed by atoms with Gasteiger partial charge in [-0.1, -0.05) is 49.6 Å². The quantitative estimate of drug-likeness (QED) is 0.482. The number of methoxy groups -OCH3 is 2. The van der Waals surface area contributed by atoms with Crippen molar-refractivity contribution in [3.05, 3.63) is 53.6 Å².